The van der Waals surface area contributed by atoms with Crippen molar-refractivity contribution in [2.75, 3.05) is 17.6 Å². The third-order valence-corrected chi connectivity index (χ3v) is 10.8. The van der Waals surface area contributed by atoms with Crippen molar-refractivity contribution in [3.8, 4) is 22.6 Å². The molecule has 2 atom stereocenters. The quantitative estimate of drug-likeness (QED) is 0.120. The number of fused-ring (bicyclic) bond motifs is 1. The number of nitrogens with one attached hydrogen (secondary N) is 2. The van der Waals surface area contributed by atoms with Gasteiger partial charge < -0.3 is 15.1 Å². The fraction of sp³-hybridized carbons (Fsp3) is 0.233. The fourth-order valence-corrected chi connectivity index (χ4v) is 7.26. The lowest BCUT2D eigenvalue weighted by Gasteiger charge is -2.20. The molecule has 1 saturated carbocycles. The first kappa shape index (κ1) is 35.8. The Bertz CT molecular complexity index is 2410. The van der Waals surface area contributed by atoms with Crippen LogP contribution >= 0.6 is 0 Å². The number of oxazole rings is 1. The highest BCUT2D eigenvalue weighted by Gasteiger charge is 2.61. The number of carbonyl (C=O) groups is 2. The van der Waals surface area contributed by atoms with Crippen LogP contribution in [-0.4, -0.2) is 42.1 Å². The molecule has 5 aromatic carbocycles. The molecule has 270 valence electrons. The Morgan fingerprint density at radius 2 is 1.47 bits per heavy atom. The maximum atomic E-state index is 14.4. The van der Waals surface area contributed by atoms with Crippen LogP contribution in [0.25, 0.3) is 33.7 Å². The molecule has 1 aliphatic carbocycles. The van der Waals surface area contributed by atoms with Crippen LogP contribution in [0.2, 0.25) is 0 Å². The third kappa shape index (κ3) is 7.51. The highest BCUT2D eigenvalue weighted by atomic mass is 32.2. The number of anilines is 1. The summed E-state index contributed by atoms with van der Waals surface area (Å²) in [6, 6.07) is 37.0. The zero-order chi connectivity index (χ0) is 37.5. The summed E-state index contributed by atoms with van der Waals surface area (Å²) >= 11 is 0. The number of benzene rings is 5. The van der Waals surface area contributed by atoms with Crippen molar-refractivity contribution < 1.29 is 27.0 Å². The first-order valence-electron chi connectivity index (χ1n) is 17.5. The van der Waals surface area contributed by atoms with Gasteiger partial charge in [0.1, 0.15) is 5.52 Å². The van der Waals surface area contributed by atoms with Gasteiger partial charge in [-0.25, -0.2) is 4.98 Å². The monoisotopic (exact) mass is 727 g/mol. The molecule has 0 saturated heterocycles. The second kappa shape index (κ2) is 13.8. The Hall–Kier alpha value is -5.58. The molecule has 1 fully saturated rings. The molecule has 7 rings (SSSR count). The fourth-order valence-electron chi connectivity index (χ4n) is 6.90. The summed E-state index contributed by atoms with van der Waals surface area (Å²) in [5.74, 6) is -0.811. The smallest absolute Gasteiger partial charge is 0.266 e. The number of para-hydroxylation sites is 1. The van der Waals surface area contributed by atoms with E-state index in [9.17, 15) is 18.0 Å². The predicted molar refractivity (Wildman–Crippen MR) is 208 cm³/mol. The summed E-state index contributed by atoms with van der Waals surface area (Å²) in [7, 11) is -4.19. The van der Waals surface area contributed by atoms with Crippen molar-refractivity contribution in [2.24, 2.45) is 0 Å². The third-order valence-electron chi connectivity index (χ3n) is 10.1. The van der Waals surface area contributed by atoms with Gasteiger partial charge in [0.05, 0.1) is 11.2 Å². The highest BCUT2D eigenvalue weighted by molar-refractivity contribution is 7.85. The van der Waals surface area contributed by atoms with Gasteiger partial charge in [0.25, 0.3) is 16.0 Å². The van der Waals surface area contributed by atoms with Gasteiger partial charge in [-0.15, -0.1) is 0 Å². The molecular formula is C43H41N3O6S. The average Bonchev–Trinajstić information content (AvgIpc) is 3.74. The van der Waals surface area contributed by atoms with Gasteiger partial charge >= 0.3 is 0 Å². The summed E-state index contributed by atoms with van der Waals surface area (Å²) in [6.07, 6.45) is 0.568. The molecule has 9 nitrogen and oxygen atoms in total. The maximum Gasteiger partial charge on any atom is 0.266 e. The molecular weight excluding hydrogens is 687 g/mol. The predicted octanol–water partition coefficient (Wildman–Crippen LogP) is 8.45. The SMILES string of the molecule is Cc1cccc2nc(-c3ccc(NC(=O)C4(c5ccc(-c6ccc(C(C)(C)C)cc6)cc5)C[C@H]4c4ccc(C(=O)NCCS(=O)(=O)O)cc4)cc3)oc12. The lowest BCUT2D eigenvalue weighted by molar-refractivity contribution is -0.118. The summed E-state index contributed by atoms with van der Waals surface area (Å²) < 4.78 is 37.1. The van der Waals surface area contributed by atoms with Crippen LogP contribution in [0.3, 0.4) is 0 Å². The number of carbonyl (C=O) groups excluding carboxylic acids is 2. The lowest BCUT2D eigenvalue weighted by atomic mass is 9.85. The van der Waals surface area contributed by atoms with E-state index in [1.54, 1.807) is 12.1 Å². The van der Waals surface area contributed by atoms with Crippen molar-refractivity contribution in [1.29, 1.82) is 0 Å². The van der Waals surface area contributed by atoms with E-state index in [0.29, 0.717) is 23.6 Å². The van der Waals surface area contributed by atoms with Crippen LogP contribution in [0.4, 0.5) is 5.69 Å². The molecule has 1 unspecified atom stereocenters. The molecule has 0 bridgehead atoms. The van der Waals surface area contributed by atoms with Gasteiger partial charge in [-0.2, -0.15) is 8.42 Å². The van der Waals surface area contributed by atoms with E-state index in [0.717, 1.165) is 44.5 Å². The van der Waals surface area contributed by atoms with E-state index < -0.39 is 27.2 Å². The van der Waals surface area contributed by atoms with E-state index in [-0.39, 0.29) is 23.8 Å². The molecule has 1 aliphatic rings. The van der Waals surface area contributed by atoms with Gasteiger partial charge in [-0.3, -0.25) is 14.1 Å². The summed E-state index contributed by atoms with van der Waals surface area (Å²) in [5.41, 5.74) is 8.72. The number of hydrogen-bond donors (Lipinski definition) is 3. The number of nitrogens with zero attached hydrogens (tertiary/aromatic N) is 1. The minimum absolute atomic E-state index is 0.0535. The van der Waals surface area contributed by atoms with Crippen molar-refractivity contribution >= 4 is 38.7 Å². The summed E-state index contributed by atoms with van der Waals surface area (Å²) in [6.45, 7) is 8.35. The molecule has 1 heterocycles. The summed E-state index contributed by atoms with van der Waals surface area (Å²) in [5, 5.41) is 5.67. The number of amides is 2. The van der Waals surface area contributed by atoms with Crippen LogP contribution < -0.4 is 10.6 Å². The molecule has 53 heavy (non-hydrogen) atoms. The topological polar surface area (TPSA) is 139 Å². The lowest BCUT2D eigenvalue weighted by Crippen LogP contribution is -2.30. The summed E-state index contributed by atoms with van der Waals surface area (Å²) in [4.78, 5) is 31.6. The molecule has 2 amide bonds. The largest absolute Gasteiger partial charge is 0.436 e. The van der Waals surface area contributed by atoms with Crippen molar-refractivity contribution in [3.05, 3.63) is 143 Å². The van der Waals surface area contributed by atoms with E-state index in [1.807, 2.05) is 73.7 Å². The molecule has 6 aromatic rings. The zero-order valence-electron chi connectivity index (χ0n) is 30.0. The normalized spacial score (nSPS) is 17.0. The van der Waals surface area contributed by atoms with Gasteiger partial charge in [-0.05, 0) is 94.6 Å². The van der Waals surface area contributed by atoms with Crippen molar-refractivity contribution in [2.45, 2.75) is 50.9 Å². The minimum Gasteiger partial charge on any atom is -0.436 e. The number of rotatable bonds is 10. The van der Waals surface area contributed by atoms with Crippen LogP contribution in [-0.2, 0) is 25.7 Å². The number of hydrogen-bond acceptors (Lipinski definition) is 6. The van der Waals surface area contributed by atoms with E-state index >= 15 is 0 Å². The Kier molecular flexibility index (Phi) is 9.30. The van der Waals surface area contributed by atoms with Crippen LogP contribution in [0.5, 0.6) is 0 Å². The van der Waals surface area contributed by atoms with E-state index in [1.165, 1.54) is 5.56 Å². The highest BCUT2D eigenvalue weighted by Crippen LogP contribution is 2.61. The van der Waals surface area contributed by atoms with Crippen LogP contribution in [0, 0.1) is 6.92 Å². The zero-order valence-corrected chi connectivity index (χ0v) is 30.8. The Morgan fingerprint density at radius 1 is 0.849 bits per heavy atom. The van der Waals surface area contributed by atoms with Gasteiger partial charge in [-0.1, -0.05) is 93.6 Å². The Balaban J connectivity index is 1.14. The van der Waals surface area contributed by atoms with Crippen molar-refractivity contribution in [3.63, 3.8) is 0 Å². The number of aromatic nitrogens is 1. The molecule has 0 spiro atoms. The second-order valence-electron chi connectivity index (χ2n) is 14.8. The van der Waals surface area contributed by atoms with Crippen molar-refractivity contribution in [1.82, 2.24) is 10.3 Å². The minimum atomic E-state index is -4.19. The molecule has 0 aliphatic heterocycles. The average molecular weight is 728 g/mol. The number of aryl methyl sites for hydroxylation is 1. The first-order chi connectivity index (χ1) is 25.2. The van der Waals surface area contributed by atoms with E-state index in [2.05, 4.69) is 72.8 Å². The first-order valence-corrected chi connectivity index (χ1v) is 19.1. The Morgan fingerprint density at radius 3 is 2.08 bits per heavy atom. The van der Waals surface area contributed by atoms with Gasteiger partial charge in [0.15, 0.2) is 5.58 Å². The molecule has 3 N–H and O–H groups in total. The molecule has 1 aromatic heterocycles. The molecule has 0 radical (unpaired) electrons. The van der Waals surface area contributed by atoms with E-state index in [4.69, 9.17) is 8.97 Å². The van der Waals surface area contributed by atoms with Gasteiger partial charge in [0, 0.05) is 29.3 Å². The Labute approximate surface area is 309 Å². The van der Waals surface area contributed by atoms with Gasteiger partial charge in [0.2, 0.25) is 11.8 Å². The second-order valence-corrected chi connectivity index (χ2v) is 16.3. The van der Waals surface area contributed by atoms with Crippen LogP contribution in [0.15, 0.2) is 120 Å². The maximum absolute atomic E-state index is 14.4. The standard InChI is InChI=1S/C43H41N3O6S/c1-27-6-5-7-37-38(27)52-40(46-37)32-16-22-35(23-17-32)45-41(48)43(34-20-14-29(15-21-34)28-12-18-33(19-13-28)42(2,3)4)26-36(43)30-8-10-31(11-9-30)39(47)44-24-25-53(49,50)51/h5-23,36H,24-26H2,1-4H3,(H,44,47)(H,45,48)(H,49,50,51)/t36-,43?/m0/s1. The molecule has 10 heteroatoms. The van der Waals surface area contributed by atoms with Crippen LogP contribution in [0.1, 0.15) is 65.7 Å².